The van der Waals surface area contributed by atoms with Crippen molar-refractivity contribution in [3.8, 4) is 5.75 Å². The van der Waals surface area contributed by atoms with Gasteiger partial charge in [0.15, 0.2) is 0 Å². The van der Waals surface area contributed by atoms with Crippen LogP contribution < -0.4 is 15.4 Å². The van der Waals surface area contributed by atoms with Crippen molar-refractivity contribution in [3.63, 3.8) is 0 Å². The van der Waals surface area contributed by atoms with Gasteiger partial charge in [0.1, 0.15) is 6.04 Å². The number of nitro benzene ring substituents is 1. The van der Waals surface area contributed by atoms with E-state index in [-0.39, 0.29) is 17.5 Å². The third-order valence-electron chi connectivity index (χ3n) is 2.89. The largest absolute Gasteiger partial charge is 0.427 e. The summed E-state index contributed by atoms with van der Waals surface area (Å²) in [4.78, 5) is 21.7. The zero-order valence-corrected chi connectivity index (χ0v) is 12.3. The number of nitro groups is 1. The van der Waals surface area contributed by atoms with Gasteiger partial charge in [0.05, 0.1) is 4.92 Å². The summed E-state index contributed by atoms with van der Waals surface area (Å²) in [6, 6.07) is 2.82. The van der Waals surface area contributed by atoms with Crippen LogP contribution >= 0.6 is 0 Å². The Labute approximate surface area is 125 Å². The van der Waals surface area contributed by atoms with Gasteiger partial charge in [0.2, 0.25) is 11.7 Å². The number of ether oxygens (including phenoxy) is 1. The fourth-order valence-corrected chi connectivity index (χ4v) is 1.82. The van der Waals surface area contributed by atoms with Crippen LogP contribution in [0.4, 0.5) is 20.2 Å². The molecule has 1 aromatic carbocycles. The van der Waals surface area contributed by atoms with Crippen LogP contribution in [0.2, 0.25) is 0 Å². The zero-order valence-electron chi connectivity index (χ0n) is 12.3. The number of amides is 1. The predicted octanol–water partition coefficient (Wildman–Crippen LogP) is 2.38. The van der Waals surface area contributed by atoms with E-state index in [2.05, 4.69) is 15.4 Å². The van der Waals surface area contributed by atoms with Crippen molar-refractivity contribution < 1.29 is 23.2 Å². The molecule has 0 spiro atoms. The summed E-state index contributed by atoms with van der Waals surface area (Å²) < 4.78 is 28.8. The molecule has 1 aromatic rings. The molecule has 1 amide bonds. The molecule has 0 saturated heterocycles. The highest BCUT2D eigenvalue weighted by atomic mass is 19.3. The van der Waals surface area contributed by atoms with Gasteiger partial charge >= 0.3 is 12.3 Å². The van der Waals surface area contributed by atoms with E-state index in [4.69, 9.17) is 0 Å². The first-order valence-electron chi connectivity index (χ1n) is 6.47. The second-order valence-electron chi connectivity index (χ2n) is 4.80. The van der Waals surface area contributed by atoms with Gasteiger partial charge in [-0.15, -0.1) is 0 Å². The van der Waals surface area contributed by atoms with E-state index in [1.807, 2.05) is 0 Å². The van der Waals surface area contributed by atoms with Crippen LogP contribution in [0.1, 0.15) is 13.8 Å². The number of anilines is 1. The van der Waals surface area contributed by atoms with Crippen LogP contribution in [0, 0.1) is 16.0 Å². The molecule has 122 valence electrons. The second-order valence-corrected chi connectivity index (χ2v) is 4.80. The Morgan fingerprint density at radius 2 is 2.00 bits per heavy atom. The van der Waals surface area contributed by atoms with Crippen molar-refractivity contribution in [1.82, 2.24) is 5.32 Å². The smallest absolute Gasteiger partial charge is 0.387 e. The predicted molar refractivity (Wildman–Crippen MR) is 76.0 cm³/mol. The van der Waals surface area contributed by atoms with Crippen molar-refractivity contribution >= 4 is 17.3 Å². The van der Waals surface area contributed by atoms with Gasteiger partial charge in [0.25, 0.3) is 0 Å². The molecule has 22 heavy (non-hydrogen) atoms. The lowest BCUT2D eigenvalue weighted by atomic mass is 10.0. The highest BCUT2D eigenvalue weighted by Crippen LogP contribution is 2.31. The number of alkyl halides is 2. The molecule has 0 fully saturated rings. The summed E-state index contributed by atoms with van der Waals surface area (Å²) >= 11 is 0. The number of hydrogen-bond donors (Lipinski definition) is 2. The molecule has 1 rings (SSSR count). The van der Waals surface area contributed by atoms with Crippen LogP contribution in [-0.4, -0.2) is 30.5 Å². The Morgan fingerprint density at radius 1 is 1.36 bits per heavy atom. The van der Waals surface area contributed by atoms with Gasteiger partial charge in [-0.2, -0.15) is 8.78 Å². The number of hydrogen-bond acceptors (Lipinski definition) is 5. The molecule has 0 aliphatic rings. The molecule has 2 N–H and O–H groups in total. The second kappa shape index (κ2) is 7.53. The normalized spacial score (nSPS) is 12.1. The van der Waals surface area contributed by atoms with Gasteiger partial charge in [0, 0.05) is 24.9 Å². The number of carbonyl (C=O) groups is 1. The maximum absolute atomic E-state index is 12.3. The van der Waals surface area contributed by atoms with Gasteiger partial charge in [-0.05, 0) is 12.0 Å². The molecule has 1 atom stereocenters. The summed E-state index contributed by atoms with van der Waals surface area (Å²) in [5.41, 5.74) is -0.310. The quantitative estimate of drug-likeness (QED) is 0.595. The molecular weight excluding hydrogens is 300 g/mol. The highest BCUT2D eigenvalue weighted by Gasteiger charge is 2.23. The summed E-state index contributed by atoms with van der Waals surface area (Å²) in [5.74, 6) is -0.941. The number of nitrogens with one attached hydrogen (secondary N) is 2. The number of halogens is 2. The summed E-state index contributed by atoms with van der Waals surface area (Å²) in [7, 11) is 1.47. The van der Waals surface area contributed by atoms with E-state index in [1.54, 1.807) is 13.8 Å². The van der Waals surface area contributed by atoms with E-state index in [0.717, 1.165) is 12.1 Å². The standard InChI is InChI=1S/C13H17F2N3O4/c1-7(2)11(12(19)16-3)17-8-4-5-9(18(20)21)10(6-8)22-13(14)15/h4-7,11,13,17H,1-3H3,(H,16,19). The van der Waals surface area contributed by atoms with Crippen molar-refractivity contribution in [3.05, 3.63) is 28.3 Å². The Hall–Kier alpha value is -2.45. The Bertz CT molecular complexity index is 552. The van der Waals surface area contributed by atoms with Gasteiger partial charge in [-0.1, -0.05) is 13.8 Å². The van der Waals surface area contributed by atoms with E-state index >= 15 is 0 Å². The van der Waals surface area contributed by atoms with Gasteiger partial charge in [-0.3, -0.25) is 14.9 Å². The Balaban J connectivity index is 3.09. The minimum atomic E-state index is -3.19. The number of benzene rings is 1. The first-order valence-corrected chi connectivity index (χ1v) is 6.47. The van der Waals surface area contributed by atoms with Crippen molar-refractivity contribution in [2.45, 2.75) is 26.5 Å². The molecule has 1 unspecified atom stereocenters. The summed E-state index contributed by atoms with van der Waals surface area (Å²) in [6.07, 6.45) is 0. The summed E-state index contributed by atoms with van der Waals surface area (Å²) in [5, 5.41) is 16.1. The molecule has 0 aliphatic carbocycles. The molecule has 0 aliphatic heterocycles. The lowest BCUT2D eigenvalue weighted by molar-refractivity contribution is -0.386. The number of carbonyl (C=O) groups excluding carboxylic acids is 1. The maximum atomic E-state index is 12.3. The van der Waals surface area contributed by atoms with Crippen LogP contribution in [0.5, 0.6) is 5.75 Å². The van der Waals surface area contributed by atoms with E-state index in [9.17, 15) is 23.7 Å². The average Bonchev–Trinajstić information content (AvgIpc) is 2.42. The van der Waals surface area contributed by atoms with Gasteiger partial charge in [-0.25, -0.2) is 0 Å². The third-order valence-corrected chi connectivity index (χ3v) is 2.89. The number of likely N-dealkylation sites (N-methyl/N-ethyl adjacent to an activating group) is 1. The van der Waals surface area contributed by atoms with Crippen LogP contribution in [0.25, 0.3) is 0 Å². The topological polar surface area (TPSA) is 93.5 Å². The molecule has 0 heterocycles. The number of rotatable bonds is 7. The Morgan fingerprint density at radius 3 is 2.45 bits per heavy atom. The Kier molecular flexibility index (Phi) is 6.02. The molecular formula is C13H17F2N3O4. The SMILES string of the molecule is CNC(=O)C(Nc1ccc([N+](=O)[O-])c(OC(F)F)c1)C(C)C. The van der Waals surface area contributed by atoms with Crippen LogP contribution in [0.3, 0.4) is 0 Å². The van der Waals surface area contributed by atoms with E-state index < -0.39 is 29.0 Å². The summed E-state index contributed by atoms with van der Waals surface area (Å²) in [6.45, 7) is 0.415. The van der Waals surface area contributed by atoms with E-state index in [0.29, 0.717) is 0 Å². The lowest BCUT2D eigenvalue weighted by Gasteiger charge is -2.22. The van der Waals surface area contributed by atoms with E-state index in [1.165, 1.54) is 13.1 Å². The molecule has 9 heteroatoms. The molecule has 0 aromatic heterocycles. The third kappa shape index (κ3) is 4.54. The zero-order chi connectivity index (χ0) is 16.9. The van der Waals surface area contributed by atoms with Gasteiger partial charge < -0.3 is 15.4 Å². The van der Waals surface area contributed by atoms with Crippen molar-refractivity contribution in [2.75, 3.05) is 12.4 Å². The molecule has 0 bridgehead atoms. The first kappa shape index (κ1) is 17.6. The molecule has 0 saturated carbocycles. The minimum Gasteiger partial charge on any atom is -0.427 e. The number of nitrogens with zero attached hydrogens (tertiary/aromatic N) is 1. The fraction of sp³-hybridized carbons (Fsp3) is 0.462. The molecule has 0 radical (unpaired) electrons. The lowest BCUT2D eigenvalue weighted by Crippen LogP contribution is -2.41. The maximum Gasteiger partial charge on any atom is 0.387 e. The van der Waals surface area contributed by atoms with Crippen molar-refractivity contribution in [2.24, 2.45) is 5.92 Å². The monoisotopic (exact) mass is 317 g/mol. The average molecular weight is 317 g/mol. The highest BCUT2D eigenvalue weighted by molar-refractivity contribution is 5.84. The van der Waals surface area contributed by atoms with Crippen molar-refractivity contribution in [1.29, 1.82) is 0 Å². The molecule has 7 nitrogen and oxygen atoms in total. The first-order chi connectivity index (χ1) is 10.3. The minimum absolute atomic E-state index is 0.0883. The fourth-order valence-electron chi connectivity index (χ4n) is 1.82. The van der Waals surface area contributed by atoms with Crippen LogP contribution in [-0.2, 0) is 4.79 Å². The van der Waals surface area contributed by atoms with Crippen LogP contribution in [0.15, 0.2) is 18.2 Å².